The molecule has 1 N–H and O–H groups in total. The molecule has 19 heavy (non-hydrogen) atoms. The zero-order valence-corrected chi connectivity index (χ0v) is 12.1. The summed E-state index contributed by atoms with van der Waals surface area (Å²) < 4.78 is 11.9. The molecule has 1 saturated carbocycles. The summed E-state index contributed by atoms with van der Waals surface area (Å²) in [6, 6.07) is 6.32. The highest BCUT2D eigenvalue weighted by atomic mass is 79.9. The zero-order valence-electron chi connectivity index (χ0n) is 10.5. The summed E-state index contributed by atoms with van der Waals surface area (Å²) in [7, 11) is 1.62. The van der Waals surface area contributed by atoms with Crippen molar-refractivity contribution >= 4 is 15.9 Å². The van der Waals surface area contributed by atoms with E-state index < -0.39 is 0 Å². The molecule has 0 amide bonds. The zero-order chi connectivity index (χ0) is 13.2. The van der Waals surface area contributed by atoms with Crippen molar-refractivity contribution < 1.29 is 9.15 Å². The monoisotopic (exact) mass is 323 g/mol. The lowest BCUT2D eigenvalue weighted by Crippen LogP contribution is -2.15. The van der Waals surface area contributed by atoms with Gasteiger partial charge in [-0.3, -0.25) is 0 Å². The maximum Gasteiger partial charge on any atom is 0.251 e. The first kappa shape index (κ1) is 12.6. The first-order valence-electron chi connectivity index (χ1n) is 6.16. The molecule has 0 atom stereocenters. The van der Waals surface area contributed by atoms with Crippen LogP contribution in [-0.4, -0.2) is 23.3 Å². The summed E-state index contributed by atoms with van der Waals surface area (Å²) in [5.41, 5.74) is 0.802. The van der Waals surface area contributed by atoms with Gasteiger partial charge in [0, 0.05) is 10.5 Å². The maximum atomic E-state index is 5.65. The number of hydrogen-bond acceptors (Lipinski definition) is 5. The predicted octanol–water partition coefficient (Wildman–Crippen LogP) is 2.76. The number of nitrogens with zero attached hydrogens (tertiary/aromatic N) is 2. The Labute approximate surface area is 119 Å². The van der Waals surface area contributed by atoms with Crippen molar-refractivity contribution in [2.45, 2.75) is 25.4 Å². The molecule has 5 nitrogen and oxygen atoms in total. The molecule has 0 radical (unpaired) electrons. The van der Waals surface area contributed by atoms with Crippen LogP contribution in [0.3, 0.4) is 0 Å². The Morgan fingerprint density at radius 1 is 1.42 bits per heavy atom. The molecule has 6 heteroatoms. The molecular weight excluding hydrogens is 310 g/mol. The van der Waals surface area contributed by atoms with E-state index in [9.17, 15) is 0 Å². The van der Waals surface area contributed by atoms with Gasteiger partial charge >= 0.3 is 0 Å². The van der Waals surface area contributed by atoms with Crippen LogP contribution in [0.2, 0.25) is 0 Å². The van der Waals surface area contributed by atoms with Crippen LogP contribution < -0.4 is 10.1 Å². The second-order valence-corrected chi connectivity index (χ2v) is 5.42. The second kappa shape index (κ2) is 5.30. The quantitative estimate of drug-likeness (QED) is 0.916. The van der Waals surface area contributed by atoms with Crippen molar-refractivity contribution in [1.82, 2.24) is 15.5 Å². The molecular formula is C13H14BrN3O2. The minimum atomic E-state index is 0.483. The third-order valence-corrected chi connectivity index (χ3v) is 3.47. The molecule has 100 valence electrons. The molecule has 0 spiro atoms. The van der Waals surface area contributed by atoms with Crippen LogP contribution in [0.1, 0.15) is 18.7 Å². The van der Waals surface area contributed by atoms with Gasteiger partial charge in [-0.25, -0.2) is 0 Å². The van der Waals surface area contributed by atoms with Crippen molar-refractivity contribution in [1.29, 1.82) is 0 Å². The highest BCUT2D eigenvalue weighted by molar-refractivity contribution is 9.10. The SMILES string of the molecule is COc1cc(Br)ccc1-c1nnc(CNC2CC2)o1. The number of hydrogen-bond donors (Lipinski definition) is 1. The number of methoxy groups -OCH3 is 1. The standard InChI is InChI=1S/C13H14BrN3O2/c1-18-11-6-8(14)2-5-10(11)13-17-16-12(19-13)7-15-9-3-4-9/h2,5-6,9,15H,3-4,7H2,1H3. The lowest BCUT2D eigenvalue weighted by atomic mass is 10.2. The smallest absolute Gasteiger partial charge is 0.251 e. The molecule has 1 heterocycles. The van der Waals surface area contributed by atoms with Crippen LogP contribution in [0.25, 0.3) is 11.5 Å². The molecule has 2 aromatic rings. The number of aromatic nitrogens is 2. The topological polar surface area (TPSA) is 60.2 Å². The number of ether oxygens (including phenoxy) is 1. The Hall–Kier alpha value is -1.40. The van der Waals surface area contributed by atoms with Gasteiger partial charge in [0.05, 0.1) is 19.2 Å². The van der Waals surface area contributed by atoms with E-state index in [-0.39, 0.29) is 0 Å². The lowest BCUT2D eigenvalue weighted by molar-refractivity contribution is 0.412. The van der Waals surface area contributed by atoms with Gasteiger partial charge < -0.3 is 14.5 Å². The summed E-state index contributed by atoms with van der Waals surface area (Å²) >= 11 is 3.41. The lowest BCUT2D eigenvalue weighted by Gasteiger charge is -2.05. The number of benzene rings is 1. The molecule has 0 unspecified atom stereocenters. The van der Waals surface area contributed by atoms with Gasteiger partial charge in [-0.15, -0.1) is 10.2 Å². The van der Waals surface area contributed by atoms with E-state index in [1.807, 2.05) is 18.2 Å². The molecule has 1 aliphatic rings. The molecule has 1 aliphatic carbocycles. The maximum absolute atomic E-state index is 5.65. The van der Waals surface area contributed by atoms with Crippen molar-refractivity contribution in [2.24, 2.45) is 0 Å². The van der Waals surface area contributed by atoms with Gasteiger partial charge in [-0.1, -0.05) is 15.9 Å². The Balaban J connectivity index is 1.80. The predicted molar refractivity (Wildman–Crippen MR) is 73.8 cm³/mol. The van der Waals surface area contributed by atoms with E-state index in [1.165, 1.54) is 12.8 Å². The Bertz CT molecular complexity index is 581. The van der Waals surface area contributed by atoms with Gasteiger partial charge in [0.1, 0.15) is 5.75 Å². The van der Waals surface area contributed by atoms with Gasteiger partial charge in [0.25, 0.3) is 5.89 Å². The van der Waals surface area contributed by atoms with Crippen LogP contribution >= 0.6 is 15.9 Å². The van der Waals surface area contributed by atoms with Gasteiger partial charge in [0.15, 0.2) is 0 Å². The molecule has 0 aliphatic heterocycles. The van der Waals surface area contributed by atoms with E-state index >= 15 is 0 Å². The first-order chi connectivity index (χ1) is 9.26. The molecule has 3 rings (SSSR count). The van der Waals surface area contributed by atoms with Crippen LogP contribution in [-0.2, 0) is 6.54 Å². The van der Waals surface area contributed by atoms with E-state index in [0.717, 1.165) is 10.0 Å². The summed E-state index contributed by atoms with van der Waals surface area (Å²) in [4.78, 5) is 0. The van der Waals surface area contributed by atoms with Crippen LogP contribution in [0.5, 0.6) is 5.75 Å². The average Bonchev–Trinajstić information content (AvgIpc) is 3.14. The molecule has 0 saturated heterocycles. The summed E-state index contributed by atoms with van der Waals surface area (Å²) in [6.07, 6.45) is 2.48. The highest BCUT2D eigenvalue weighted by Crippen LogP contribution is 2.31. The third kappa shape index (κ3) is 2.96. The highest BCUT2D eigenvalue weighted by Gasteiger charge is 2.21. The normalized spacial score (nSPS) is 14.6. The van der Waals surface area contributed by atoms with E-state index in [2.05, 4.69) is 31.4 Å². The fraction of sp³-hybridized carbons (Fsp3) is 0.385. The molecule has 0 bridgehead atoms. The van der Waals surface area contributed by atoms with Crippen LogP contribution in [0, 0.1) is 0 Å². The number of nitrogens with one attached hydrogen (secondary N) is 1. The van der Waals surface area contributed by atoms with Crippen molar-refractivity contribution in [2.75, 3.05) is 7.11 Å². The third-order valence-electron chi connectivity index (χ3n) is 2.98. The van der Waals surface area contributed by atoms with Gasteiger partial charge in [-0.2, -0.15) is 0 Å². The fourth-order valence-electron chi connectivity index (χ4n) is 1.79. The second-order valence-electron chi connectivity index (χ2n) is 4.50. The van der Waals surface area contributed by atoms with Crippen LogP contribution in [0.15, 0.2) is 27.1 Å². The first-order valence-corrected chi connectivity index (χ1v) is 6.95. The number of rotatable bonds is 5. The Kier molecular flexibility index (Phi) is 3.52. The van der Waals surface area contributed by atoms with E-state index in [1.54, 1.807) is 7.11 Å². The van der Waals surface area contributed by atoms with Crippen molar-refractivity contribution in [3.63, 3.8) is 0 Å². The van der Waals surface area contributed by atoms with E-state index in [4.69, 9.17) is 9.15 Å². The average molecular weight is 324 g/mol. The molecule has 1 fully saturated rings. The van der Waals surface area contributed by atoms with Crippen LogP contribution in [0.4, 0.5) is 0 Å². The van der Waals surface area contributed by atoms with Gasteiger partial charge in [-0.05, 0) is 31.0 Å². The fourth-order valence-corrected chi connectivity index (χ4v) is 2.13. The summed E-state index contributed by atoms with van der Waals surface area (Å²) in [6.45, 7) is 0.622. The minimum absolute atomic E-state index is 0.483. The summed E-state index contributed by atoms with van der Waals surface area (Å²) in [5.74, 6) is 1.79. The molecule has 1 aromatic heterocycles. The van der Waals surface area contributed by atoms with Gasteiger partial charge in [0.2, 0.25) is 5.89 Å². The Morgan fingerprint density at radius 2 is 2.26 bits per heavy atom. The Morgan fingerprint density at radius 3 is 3.00 bits per heavy atom. The number of halogens is 1. The van der Waals surface area contributed by atoms with Crippen molar-refractivity contribution in [3.8, 4) is 17.2 Å². The molecule has 1 aromatic carbocycles. The minimum Gasteiger partial charge on any atom is -0.496 e. The van der Waals surface area contributed by atoms with E-state index in [0.29, 0.717) is 30.1 Å². The van der Waals surface area contributed by atoms with Crippen molar-refractivity contribution in [3.05, 3.63) is 28.6 Å². The largest absolute Gasteiger partial charge is 0.496 e. The summed E-state index contributed by atoms with van der Waals surface area (Å²) in [5, 5.41) is 11.5.